The van der Waals surface area contributed by atoms with Gasteiger partial charge in [0.15, 0.2) is 5.78 Å². The van der Waals surface area contributed by atoms with E-state index in [4.69, 9.17) is 16.7 Å². The van der Waals surface area contributed by atoms with Gasteiger partial charge in [-0.3, -0.25) is 9.59 Å². The summed E-state index contributed by atoms with van der Waals surface area (Å²) in [4.78, 5) is 22.9. The summed E-state index contributed by atoms with van der Waals surface area (Å²) < 4.78 is 0. The van der Waals surface area contributed by atoms with Gasteiger partial charge in [-0.15, -0.1) is 0 Å². The Morgan fingerprint density at radius 3 is 2.81 bits per heavy atom. The molecule has 2 rings (SSSR count). The van der Waals surface area contributed by atoms with Gasteiger partial charge >= 0.3 is 5.97 Å². The lowest BCUT2D eigenvalue weighted by Crippen LogP contribution is -2.25. The largest absolute Gasteiger partial charge is 0.481 e. The summed E-state index contributed by atoms with van der Waals surface area (Å²) in [6.07, 6.45) is 0.432. The number of carbonyl (C=O) groups is 2. The van der Waals surface area contributed by atoms with E-state index >= 15 is 0 Å². The topological polar surface area (TPSA) is 54.4 Å². The lowest BCUT2D eigenvalue weighted by molar-refractivity contribution is -0.142. The zero-order chi connectivity index (χ0) is 11.9. The Kier molecular flexibility index (Phi) is 2.72. The molecular weight excluding hydrogens is 228 g/mol. The van der Waals surface area contributed by atoms with E-state index in [9.17, 15) is 9.59 Å². The quantitative estimate of drug-likeness (QED) is 0.861. The number of carboxylic acids is 1. The predicted molar refractivity (Wildman–Crippen MR) is 59.8 cm³/mol. The van der Waals surface area contributed by atoms with Crippen molar-refractivity contribution >= 4 is 23.4 Å². The molecule has 84 valence electrons. The minimum atomic E-state index is -0.942. The van der Waals surface area contributed by atoms with Crippen LogP contribution in [0.5, 0.6) is 0 Å². The van der Waals surface area contributed by atoms with E-state index in [2.05, 4.69) is 0 Å². The van der Waals surface area contributed by atoms with Gasteiger partial charge in [-0.1, -0.05) is 30.7 Å². The van der Waals surface area contributed by atoms with Gasteiger partial charge in [-0.2, -0.15) is 0 Å². The second-order valence-electron chi connectivity index (χ2n) is 4.07. The number of Topliss-reactive ketones (excluding diaryl/α,β-unsaturated/α-hetero) is 1. The van der Waals surface area contributed by atoms with Crippen molar-refractivity contribution < 1.29 is 14.7 Å². The second-order valence-corrected chi connectivity index (χ2v) is 4.47. The normalized spacial score (nSPS) is 20.6. The maximum Gasteiger partial charge on any atom is 0.306 e. The number of hydrogen-bond donors (Lipinski definition) is 1. The molecule has 0 bridgehead atoms. The third kappa shape index (κ3) is 1.61. The van der Waals surface area contributed by atoms with Crippen LogP contribution < -0.4 is 0 Å². The van der Waals surface area contributed by atoms with Crippen LogP contribution in [0.4, 0.5) is 0 Å². The van der Waals surface area contributed by atoms with Gasteiger partial charge in [0.1, 0.15) is 0 Å². The van der Waals surface area contributed by atoms with Crippen LogP contribution >= 0.6 is 11.6 Å². The Morgan fingerprint density at radius 1 is 1.56 bits per heavy atom. The summed E-state index contributed by atoms with van der Waals surface area (Å²) in [5.41, 5.74) is 1.36. The molecule has 1 aliphatic carbocycles. The number of hydrogen-bond acceptors (Lipinski definition) is 2. The van der Waals surface area contributed by atoms with E-state index in [0.29, 0.717) is 17.0 Å². The van der Waals surface area contributed by atoms with Crippen LogP contribution in [0, 0.1) is 11.8 Å². The molecule has 0 spiro atoms. The fraction of sp³-hybridized carbons (Fsp3) is 0.333. The number of benzene rings is 1. The maximum atomic E-state index is 12.0. The molecule has 1 N–H and O–H groups in total. The molecular formula is C12H11ClO3. The van der Waals surface area contributed by atoms with Crippen molar-refractivity contribution in [1.29, 1.82) is 0 Å². The van der Waals surface area contributed by atoms with Crippen molar-refractivity contribution in [2.75, 3.05) is 0 Å². The van der Waals surface area contributed by atoms with Crippen LogP contribution in [0.1, 0.15) is 22.8 Å². The molecule has 0 heterocycles. The lowest BCUT2D eigenvalue weighted by Gasteiger charge is -2.12. The molecule has 2 unspecified atom stereocenters. The number of halogens is 1. The monoisotopic (exact) mass is 238 g/mol. The highest BCUT2D eigenvalue weighted by atomic mass is 35.5. The van der Waals surface area contributed by atoms with Gasteiger partial charge in [-0.05, 0) is 18.1 Å². The lowest BCUT2D eigenvalue weighted by atomic mass is 9.90. The number of fused-ring (bicyclic) bond motifs is 1. The van der Waals surface area contributed by atoms with Crippen LogP contribution in [0.25, 0.3) is 0 Å². The Hall–Kier alpha value is -1.35. The number of carboxylic acid groups (broad SMARTS) is 1. The zero-order valence-electron chi connectivity index (χ0n) is 8.74. The second kappa shape index (κ2) is 3.91. The third-order valence-electron chi connectivity index (χ3n) is 3.14. The van der Waals surface area contributed by atoms with Crippen molar-refractivity contribution in [3.63, 3.8) is 0 Å². The Balaban J connectivity index is 2.38. The van der Waals surface area contributed by atoms with Crippen molar-refractivity contribution in [3.8, 4) is 0 Å². The first-order valence-electron chi connectivity index (χ1n) is 5.06. The SMILES string of the molecule is CC(C(=O)O)C1Cc2c(Cl)cccc2C1=O. The smallest absolute Gasteiger partial charge is 0.306 e. The van der Waals surface area contributed by atoms with Gasteiger partial charge in [0.25, 0.3) is 0 Å². The van der Waals surface area contributed by atoms with E-state index in [1.165, 1.54) is 0 Å². The summed E-state index contributed by atoms with van der Waals surface area (Å²) >= 11 is 5.98. The number of aliphatic carboxylic acids is 1. The minimum Gasteiger partial charge on any atom is -0.481 e. The molecule has 1 aromatic rings. The summed E-state index contributed by atoms with van der Waals surface area (Å²) in [6, 6.07) is 5.15. The van der Waals surface area contributed by atoms with Crippen molar-refractivity contribution in [1.82, 2.24) is 0 Å². The average molecular weight is 239 g/mol. The molecule has 0 radical (unpaired) electrons. The molecule has 0 fully saturated rings. The van der Waals surface area contributed by atoms with E-state index in [-0.39, 0.29) is 5.78 Å². The van der Waals surface area contributed by atoms with E-state index in [1.807, 2.05) is 0 Å². The Morgan fingerprint density at radius 2 is 2.25 bits per heavy atom. The molecule has 1 aromatic carbocycles. The standard InChI is InChI=1S/C12H11ClO3/c1-6(12(15)16)8-5-9-7(11(8)14)3-2-4-10(9)13/h2-4,6,8H,5H2,1H3,(H,15,16). The summed E-state index contributed by atoms with van der Waals surface area (Å²) in [5.74, 6) is -2.20. The van der Waals surface area contributed by atoms with E-state index in [0.717, 1.165) is 5.56 Å². The van der Waals surface area contributed by atoms with Crippen LogP contribution in [0.15, 0.2) is 18.2 Å². The summed E-state index contributed by atoms with van der Waals surface area (Å²) in [5, 5.41) is 9.47. The first kappa shape index (κ1) is 11.1. The van der Waals surface area contributed by atoms with Crippen LogP contribution in [0.3, 0.4) is 0 Å². The molecule has 0 aromatic heterocycles. The van der Waals surface area contributed by atoms with Crippen molar-refractivity contribution in [2.24, 2.45) is 11.8 Å². The van der Waals surface area contributed by atoms with Crippen molar-refractivity contribution in [2.45, 2.75) is 13.3 Å². The van der Waals surface area contributed by atoms with Crippen LogP contribution in [0.2, 0.25) is 5.02 Å². The van der Waals surface area contributed by atoms with Crippen molar-refractivity contribution in [3.05, 3.63) is 34.3 Å². The molecule has 0 aliphatic heterocycles. The average Bonchev–Trinajstić information content (AvgIpc) is 2.57. The van der Waals surface area contributed by atoms with E-state index in [1.54, 1.807) is 25.1 Å². The van der Waals surface area contributed by atoms with Crippen LogP contribution in [-0.2, 0) is 11.2 Å². The molecule has 0 saturated heterocycles. The fourth-order valence-electron chi connectivity index (χ4n) is 2.09. The maximum absolute atomic E-state index is 12.0. The number of rotatable bonds is 2. The van der Waals surface area contributed by atoms with E-state index < -0.39 is 17.8 Å². The number of ketones is 1. The molecule has 3 nitrogen and oxygen atoms in total. The molecule has 4 heteroatoms. The minimum absolute atomic E-state index is 0.104. The number of carbonyl (C=O) groups excluding carboxylic acids is 1. The van der Waals surface area contributed by atoms with Gasteiger partial charge in [-0.25, -0.2) is 0 Å². The Labute approximate surface area is 98.0 Å². The third-order valence-corrected chi connectivity index (χ3v) is 3.49. The molecule has 2 atom stereocenters. The molecule has 16 heavy (non-hydrogen) atoms. The highest BCUT2D eigenvalue weighted by Crippen LogP contribution is 2.35. The summed E-state index contributed by atoms with van der Waals surface area (Å²) in [6.45, 7) is 1.56. The molecule has 1 aliphatic rings. The fourth-order valence-corrected chi connectivity index (χ4v) is 2.34. The molecule has 0 saturated carbocycles. The van der Waals surface area contributed by atoms with Gasteiger partial charge in [0.05, 0.1) is 5.92 Å². The highest BCUT2D eigenvalue weighted by Gasteiger charge is 2.38. The van der Waals surface area contributed by atoms with Gasteiger partial charge < -0.3 is 5.11 Å². The summed E-state index contributed by atoms with van der Waals surface area (Å²) in [7, 11) is 0. The predicted octanol–water partition coefficient (Wildman–Crippen LogP) is 2.42. The van der Waals surface area contributed by atoms with Gasteiger partial charge in [0.2, 0.25) is 0 Å². The van der Waals surface area contributed by atoms with Crippen LogP contribution in [-0.4, -0.2) is 16.9 Å². The highest BCUT2D eigenvalue weighted by molar-refractivity contribution is 6.32. The van der Waals surface area contributed by atoms with Gasteiger partial charge in [0, 0.05) is 16.5 Å². The first-order chi connectivity index (χ1) is 7.52. The zero-order valence-corrected chi connectivity index (χ0v) is 9.49. The Bertz CT molecular complexity index is 467. The molecule has 0 amide bonds. The first-order valence-corrected chi connectivity index (χ1v) is 5.44.